The number of hydrogen-bond acceptors (Lipinski definition) is 4. The zero-order valence-corrected chi connectivity index (χ0v) is 22.6. The molecule has 1 unspecified atom stereocenters. The standard InChI is InChI=1S/C33H33FN2O4/c1-24-9-18-31(40-24)22-35(20-25-10-16-29(34)17-11-25)32(37)23-36(21-30-8-5-19-39-30)33(38)28-14-12-27(13-15-28)26-6-3-2-4-7-26/h2-4,6-7,9-18,30H,5,8,19-23H2,1H3. The van der Waals surface area contributed by atoms with Crippen molar-refractivity contribution in [3.8, 4) is 11.1 Å². The van der Waals surface area contributed by atoms with E-state index in [2.05, 4.69) is 0 Å². The van der Waals surface area contributed by atoms with Crippen molar-refractivity contribution in [1.29, 1.82) is 0 Å². The van der Waals surface area contributed by atoms with Crippen LogP contribution < -0.4 is 0 Å². The first-order valence-corrected chi connectivity index (χ1v) is 13.6. The van der Waals surface area contributed by atoms with Gasteiger partial charge in [0.15, 0.2) is 0 Å². The first-order chi connectivity index (χ1) is 19.4. The van der Waals surface area contributed by atoms with E-state index in [0.717, 1.165) is 35.3 Å². The maximum absolute atomic E-state index is 13.8. The summed E-state index contributed by atoms with van der Waals surface area (Å²) in [5.41, 5.74) is 3.37. The monoisotopic (exact) mass is 540 g/mol. The summed E-state index contributed by atoms with van der Waals surface area (Å²) in [6, 6.07) is 27.2. The normalized spacial score (nSPS) is 14.7. The van der Waals surface area contributed by atoms with Gasteiger partial charge in [0.05, 0.1) is 12.6 Å². The highest BCUT2D eigenvalue weighted by molar-refractivity contribution is 5.97. The molecule has 1 aliphatic rings. The lowest BCUT2D eigenvalue weighted by molar-refractivity contribution is -0.133. The molecule has 3 aromatic carbocycles. The molecule has 1 atom stereocenters. The zero-order chi connectivity index (χ0) is 27.9. The van der Waals surface area contributed by atoms with Crippen LogP contribution in [-0.4, -0.2) is 47.4 Å². The number of carbonyl (C=O) groups is 2. The van der Waals surface area contributed by atoms with E-state index in [1.54, 1.807) is 34.1 Å². The van der Waals surface area contributed by atoms with Gasteiger partial charge in [-0.3, -0.25) is 9.59 Å². The Kier molecular flexibility index (Phi) is 8.71. The molecule has 0 aliphatic carbocycles. The summed E-state index contributed by atoms with van der Waals surface area (Å²) >= 11 is 0. The molecule has 2 heterocycles. The third-order valence-corrected chi connectivity index (χ3v) is 7.08. The summed E-state index contributed by atoms with van der Waals surface area (Å²) in [5, 5.41) is 0. The Balaban J connectivity index is 1.36. The third kappa shape index (κ3) is 7.04. The second-order valence-corrected chi connectivity index (χ2v) is 10.2. The number of ether oxygens (including phenoxy) is 1. The van der Waals surface area contributed by atoms with Crippen molar-refractivity contribution in [2.75, 3.05) is 19.7 Å². The van der Waals surface area contributed by atoms with E-state index in [4.69, 9.17) is 9.15 Å². The lowest BCUT2D eigenvalue weighted by Gasteiger charge is -2.29. The van der Waals surface area contributed by atoms with E-state index >= 15 is 0 Å². The minimum Gasteiger partial charge on any atom is -0.464 e. The Labute approximate surface area is 234 Å². The van der Waals surface area contributed by atoms with Gasteiger partial charge in [-0.05, 0) is 72.9 Å². The predicted octanol–water partition coefficient (Wildman–Crippen LogP) is 6.24. The molecular formula is C33H33FN2O4. The molecule has 7 heteroatoms. The second-order valence-electron chi connectivity index (χ2n) is 10.2. The topological polar surface area (TPSA) is 63.0 Å². The summed E-state index contributed by atoms with van der Waals surface area (Å²) in [5.74, 6) is 0.597. The quantitative estimate of drug-likeness (QED) is 0.239. The molecule has 2 amide bonds. The van der Waals surface area contributed by atoms with Crippen LogP contribution in [0.2, 0.25) is 0 Å². The Bertz CT molecular complexity index is 1410. The summed E-state index contributed by atoms with van der Waals surface area (Å²) in [7, 11) is 0. The van der Waals surface area contributed by atoms with Gasteiger partial charge in [-0.25, -0.2) is 4.39 Å². The lowest BCUT2D eigenvalue weighted by Crippen LogP contribution is -2.45. The van der Waals surface area contributed by atoms with Crippen molar-refractivity contribution < 1.29 is 23.1 Å². The fourth-order valence-electron chi connectivity index (χ4n) is 4.94. The Morgan fingerprint density at radius 2 is 1.57 bits per heavy atom. The number of nitrogens with zero attached hydrogens (tertiary/aromatic N) is 2. The van der Waals surface area contributed by atoms with Gasteiger partial charge in [0.2, 0.25) is 5.91 Å². The number of carbonyl (C=O) groups excluding carboxylic acids is 2. The summed E-state index contributed by atoms with van der Waals surface area (Å²) in [6.07, 6.45) is 1.66. The van der Waals surface area contributed by atoms with Crippen LogP contribution in [0.25, 0.3) is 11.1 Å². The molecule has 1 fully saturated rings. The van der Waals surface area contributed by atoms with Crippen LogP contribution in [0.5, 0.6) is 0 Å². The molecule has 0 spiro atoms. The van der Waals surface area contributed by atoms with Gasteiger partial charge >= 0.3 is 0 Å². The van der Waals surface area contributed by atoms with Gasteiger partial charge in [-0.2, -0.15) is 0 Å². The van der Waals surface area contributed by atoms with Gasteiger partial charge in [-0.1, -0.05) is 54.6 Å². The minimum atomic E-state index is -0.338. The highest BCUT2D eigenvalue weighted by Crippen LogP contribution is 2.22. The molecule has 0 bridgehead atoms. The van der Waals surface area contributed by atoms with Crippen LogP contribution in [-0.2, 0) is 22.6 Å². The minimum absolute atomic E-state index is 0.111. The average molecular weight is 541 g/mol. The average Bonchev–Trinajstić information content (AvgIpc) is 3.65. The van der Waals surface area contributed by atoms with E-state index < -0.39 is 0 Å². The first-order valence-electron chi connectivity index (χ1n) is 13.6. The van der Waals surface area contributed by atoms with Crippen molar-refractivity contribution in [3.63, 3.8) is 0 Å². The molecule has 206 valence electrons. The van der Waals surface area contributed by atoms with Gasteiger partial charge < -0.3 is 19.0 Å². The molecule has 1 aromatic heterocycles. The van der Waals surface area contributed by atoms with Crippen molar-refractivity contribution in [2.24, 2.45) is 0 Å². The smallest absolute Gasteiger partial charge is 0.254 e. The molecule has 0 N–H and O–H groups in total. The maximum Gasteiger partial charge on any atom is 0.254 e. The molecule has 5 rings (SSSR count). The molecule has 0 radical (unpaired) electrons. The van der Waals surface area contributed by atoms with E-state index in [0.29, 0.717) is 24.5 Å². The van der Waals surface area contributed by atoms with Gasteiger partial charge in [0.25, 0.3) is 5.91 Å². The number of rotatable bonds is 10. The van der Waals surface area contributed by atoms with Crippen LogP contribution >= 0.6 is 0 Å². The number of aryl methyl sites for hydroxylation is 1. The van der Waals surface area contributed by atoms with E-state index in [1.807, 2.05) is 61.5 Å². The largest absolute Gasteiger partial charge is 0.464 e. The number of hydrogen-bond donors (Lipinski definition) is 0. The molecule has 1 aliphatic heterocycles. The number of benzene rings is 3. The summed E-state index contributed by atoms with van der Waals surface area (Å²) in [6.45, 7) is 3.21. The summed E-state index contributed by atoms with van der Waals surface area (Å²) in [4.78, 5) is 30.7. The van der Waals surface area contributed by atoms with Crippen LogP contribution in [0.4, 0.5) is 4.39 Å². The Hall–Kier alpha value is -4.23. The molecular weight excluding hydrogens is 507 g/mol. The number of furan rings is 1. The van der Waals surface area contributed by atoms with Gasteiger partial charge in [0.1, 0.15) is 23.9 Å². The highest BCUT2D eigenvalue weighted by atomic mass is 19.1. The molecule has 1 saturated heterocycles. The maximum atomic E-state index is 13.8. The van der Waals surface area contributed by atoms with Crippen molar-refractivity contribution in [1.82, 2.24) is 9.80 Å². The second kappa shape index (κ2) is 12.7. The Morgan fingerprint density at radius 1 is 0.850 bits per heavy atom. The van der Waals surface area contributed by atoms with E-state index in [-0.39, 0.29) is 43.4 Å². The number of halogens is 1. The van der Waals surface area contributed by atoms with Gasteiger partial charge in [0, 0.05) is 25.3 Å². The summed E-state index contributed by atoms with van der Waals surface area (Å²) < 4.78 is 25.1. The van der Waals surface area contributed by atoms with Crippen LogP contribution in [0.3, 0.4) is 0 Å². The first kappa shape index (κ1) is 27.3. The molecule has 6 nitrogen and oxygen atoms in total. The van der Waals surface area contributed by atoms with Crippen LogP contribution in [0.1, 0.15) is 40.3 Å². The third-order valence-electron chi connectivity index (χ3n) is 7.08. The SMILES string of the molecule is Cc1ccc(CN(Cc2ccc(F)cc2)C(=O)CN(CC2CCCO2)C(=O)c2ccc(-c3ccccc3)cc2)o1. The fourth-order valence-corrected chi connectivity index (χ4v) is 4.94. The predicted molar refractivity (Wildman–Crippen MR) is 151 cm³/mol. The van der Waals surface area contributed by atoms with E-state index in [1.165, 1.54) is 12.1 Å². The van der Waals surface area contributed by atoms with E-state index in [9.17, 15) is 14.0 Å². The highest BCUT2D eigenvalue weighted by Gasteiger charge is 2.27. The van der Waals surface area contributed by atoms with Crippen molar-refractivity contribution in [3.05, 3.63) is 119 Å². The van der Waals surface area contributed by atoms with Crippen LogP contribution in [0.15, 0.2) is 95.4 Å². The van der Waals surface area contributed by atoms with Crippen LogP contribution in [0, 0.1) is 12.7 Å². The Morgan fingerprint density at radius 3 is 2.23 bits per heavy atom. The lowest BCUT2D eigenvalue weighted by atomic mass is 10.0. The fraction of sp³-hybridized carbons (Fsp3) is 0.273. The zero-order valence-electron chi connectivity index (χ0n) is 22.6. The molecule has 40 heavy (non-hydrogen) atoms. The molecule has 0 saturated carbocycles. The molecule has 4 aromatic rings. The van der Waals surface area contributed by atoms with Gasteiger partial charge in [-0.15, -0.1) is 0 Å². The van der Waals surface area contributed by atoms with Crippen molar-refractivity contribution in [2.45, 2.75) is 39.0 Å². The van der Waals surface area contributed by atoms with Crippen molar-refractivity contribution >= 4 is 11.8 Å². The number of amides is 2.